The monoisotopic (exact) mass is 248 g/mol. The highest BCUT2D eigenvalue weighted by atomic mass is 16.2. The van der Waals surface area contributed by atoms with Crippen LogP contribution in [0.25, 0.3) is 0 Å². The maximum absolute atomic E-state index is 11.7. The fraction of sp³-hybridized carbons (Fsp3) is 0.533. The summed E-state index contributed by atoms with van der Waals surface area (Å²) in [7, 11) is 0. The lowest BCUT2D eigenvalue weighted by atomic mass is 10.1. The predicted octanol–water partition coefficient (Wildman–Crippen LogP) is 3.11. The maximum Gasteiger partial charge on any atom is 0.315 e. The third-order valence-corrected chi connectivity index (χ3v) is 2.86. The molecule has 0 bridgehead atoms. The molecule has 0 saturated carbocycles. The molecule has 1 unspecified atom stereocenters. The molecule has 0 aromatic heterocycles. The van der Waals surface area contributed by atoms with E-state index in [1.54, 1.807) is 0 Å². The molecule has 3 heteroatoms. The smallest absolute Gasteiger partial charge is 0.315 e. The Hall–Kier alpha value is -1.51. The first kappa shape index (κ1) is 14.6. The van der Waals surface area contributed by atoms with E-state index >= 15 is 0 Å². The third-order valence-electron chi connectivity index (χ3n) is 2.86. The molecule has 0 spiro atoms. The summed E-state index contributed by atoms with van der Waals surface area (Å²) in [5, 5.41) is 5.92. The highest BCUT2D eigenvalue weighted by molar-refractivity contribution is 5.74. The second-order valence-corrected chi connectivity index (χ2v) is 4.90. The fourth-order valence-electron chi connectivity index (χ4n) is 2.01. The van der Waals surface area contributed by atoms with E-state index in [1.165, 1.54) is 5.56 Å². The summed E-state index contributed by atoms with van der Waals surface area (Å²) in [5.74, 6) is 0. The van der Waals surface area contributed by atoms with Crippen LogP contribution in [0, 0.1) is 0 Å². The Kier molecular flexibility index (Phi) is 6.26. The van der Waals surface area contributed by atoms with Gasteiger partial charge in [0.15, 0.2) is 0 Å². The molecule has 1 rings (SSSR count). The number of hydrogen-bond donors (Lipinski definition) is 2. The van der Waals surface area contributed by atoms with E-state index in [9.17, 15) is 4.79 Å². The lowest BCUT2D eigenvalue weighted by molar-refractivity contribution is 0.234. The van der Waals surface area contributed by atoms with Crippen molar-refractivity contribution < 1.29 is 4.79 Å². The molecule has 0 heterocycles. The number of urea groups is 1. The van der Waals surface area contributed by atoms with Gasteiger partial charge in [0.25, 0.3) is 0 Å². The standard InChI is InChI=1S/C15H24N2O/c1-4-8-12(2)16-15(18)17-13(3)11-14-9-6-5-7-10-14/h5-7,9-10,12-13H,4,8,11H2,1-3H3,(H2,16,17,18)/t12?,13-/m1/s1. The second-order valence-electron chi connectivity index (χ2n) is 4.90. The van der Waals surface area contributed by atoms with Crippen molar-refractivity contribution in [2.75, 3.05) is 0 Å². The summed E-state index contributed by atoms with van der Waals surface area (Å²) in [6, 6.07) is 10.5. The SMILES string of the molecule is CCCC(C)NC(=O)N[C@H](C)Cc1ccccc1. The lowest BCUT2D eigenvalue weighted by Gasteiger charge is -2.18. The van der Waals surface area contributed by atoms with Crippen LogP contribution in [0.5, 0.6) is 0 Å². The fourth-order valence-corrected chi connectivity index (χ4v) is 2.01. The summed E-state index contributed by atoms with van der Waals surface area (Å²) in [6.07, 6.45) is 2.96. The van der Waals surface area contributed by atoms with E-state index in [-0.39, 0.29) is 18.1 Å². The minimum Gasteiger partial charge on any atom is -0.336 e. The average Bonchev–Trinajstić information content (AvgIpc) is 2.29. The van der Waals surface area contributed by atoms with Crippen molar-refractivity contribution in [2.24, 2.45) is 0 Å². The van der Waals surface area contributed by atoms with Gasteiger partial charge in [0.2, 0.25) is 0 Å². The number of amides is 2. The summed E-state index contributed by atoms with van der Waals surface area (Å²) < 4.78 is 0. The van der Waals surface area contributed by atoms with Crippen LogP contribution < -0.4 is 10.6 Å². The molecule has 0 aliphatic rings. The largest absolute Gasteiger partial charge is 0.336 e. The van der Waals surface area contributed by atoms with Crippen molar-refractivity contribution in [3.63, 3.8) is 0 Å². The zero-order valence-electron chi connectivity index (χ0n) is 11.6. The van der Waals surface area contributed by atoms with Crippen molar-refractivity contribution in [1.29, 1.82) is 0 Å². The topological polar surface area (TPSA) is 41.1 Å². The molecule has 3 nitrogen and oxygen atoms in total. The number of hydrogen-bond acceptors (Lipinski definition) is 1. The minimum absolute atomic E-state index is 0.0700. The van der Waals surface area contributed by atoms with Gasteiger partial charge in [-0.3, -0.25) is 0 Å². The molecule has 2 atom stereocenters. The molecule has 2 N–H and O–H groups in total. The zero-order chi connectivity index (χ0) is 13.4. The van der Waals surface area contributed by atoms with Gasteiger partial charge in [-0.15, -0.1) is 0 Å². The van der Waals surface area contributed by atoms with Gasteiger partial charge in [-0.2, -0.15) is 0 Å². The average molecular weight is 248 g/mol. The lowest BCUT2D eigenvalue weighted by Crippen LogP contribution is -2.45. The predicted molar refractivity (Wildman–Crippen MR) is 75.6 cm³/mol. The van der Waals surface area contributed by atoms with Crippen LogP contribution in [0.2, 0.25) is 0 Å². The van der Waals surface area contributed by atoms with Gasteiger partial charge in [0.05, 0.1) is 0 Å². The van der Waals surface area contributed by atoms with Gasteiger partial charge in [-0.1, -0.05) is 43.7 Å². The minimum atomic E-state index is -0.0700. The highest BCUT2D eigenvalue weighted by Gasteiger charge is 2.09. The summed E-state index contributed by atoms with van der Waals surface area (Å²) in [4.78, 5) is 11.7. The van der Waals surface area contributed by atoms with Crippen LogP contribution in [-0.2, 0) is 6.42 Å². The van der Waals surface area contributed by atoms with Crippen LogP contribution in [0.15, 0.2) is 30.3 Å². The van der Waals surface area contributed by atoms with Crippen molar-refractivity contribution in [3.8, 4) is 0 Å². The Morgan fingerprint density at radius 3 is 2.33 bits per heavy atom. The molecule has 2 amide bonds. The summed E-state index contributed by atoms with van der Waals surface area (Å²) >= 11 is 0. The van der Waals surface area contributed by atoms with E-state index in [1.807, 2.05) is 32.0 Å². The molecule has 0 radical (unpaired) electrons. The van der Waals surface area contributed by atoms with Gasteiger partial charge in [0, 0.05) is 12.1 Å². The third kappa shape index (κ3) is 5.71. The van der Waals surface area contributed by atoms with Gasteiger partial charge >= 0.3 is 6.03 Å². The molecule has 1 aromatic carbocycles. The van der Waals surface area contributed by atoms with Crippen LogP contribution >= 0.6 is 0 Å². The quantitative estimate of drug-likeness (QED) is 0.798. The maximum atomic E-state index is 11.7. The van der Waals surface area contributed by atoms with Crippen LogP contribution in [0.3, 0.4) is 0 Å². The van der Waals surface area contributed by atoms with E-state index in [4.69, 9.17) is 0 Å². The van der Waals surface area contributed by atoms with E-state index in [0.29, 0.717) is 0 Å². The number of nitrogens with one attached hydrogen (secondary N) is 2. The zero-order valence-corrected chi connectivity index (χ0v) is 11.6. The van der Waals surface area contributed by atoms with Crippen molar-refractivity contribution in [3.05, 3.63) is 35.9 Å². The normalized spacial score (nSPS) is 13.7. The molecule has 0 aliphatic heterocycles. The van der Waals surface area contributed by atoms with Gasteiger partial charge in [-0.25, -0.2) is 4.79 Å². The first-order valence-electron chi connectivity index (χ1n) is 6.72. The van der Waals surface area contributed by atoms with Crippen molar-refractivity contribution in [2.45, 2.75) is 52.1 Å². The number of rotatable bonds is 6. The molecule has 100 valence electrons. The Bertz CT molecular complexity index is 351. The molecule has 0 fully saturated rings. The molecule has 18 heavy (non-hydrogen) atoms. The van der Waals surface area contributed by atoms with Crippen molar-refractivity contribution >= 4 is 6.03 Å². The molecule has 1 aromatic rings. The van der Waals surface area contributed by atoms with E-state index < -0.39 is 0 Å². The molecular formula is C15H24N2O. The second kappa shape index (κ2) is 7.75. The number of carbonyl (C=O) groups is 1. The Morgan fingerprint density at radius 1 is 1.11 bits per heavy atom. The molecule has 0 saturated heterocycles. The summed E-state index contributed by atoms with van der Waals surface area (Å²) in [5.41, 5.74) is 1.24. The van der Waals surface area contributed by atoms with Gasteiger partial charge in [0.1, 0.15) is 0 Å². The van der Waals surface area contributed by atoms with Gasteiger partial charge in [-0.05, 0) is 32.3 Å². The first-order valence-corrected chi connectivity index (χ1v) is 6.72. The Morgan fingerprint density at radius 2 is 1.72 bits per heavy atom. The summed E-state index contributed by atoms with van der Waals surface area (Å²) in [6.45, 7) is 6.18. The molecule has 0 aliphatic carbocycles. The highest BCUT2D eigenvalue weighted by Crippen LogP contribution is 2.02. The number of benzene rings is 1. The van der Waals surface area contributed by atoms with Crippen molar-refractivity contribution in [1.82, 2.24) is 10.6 Å². The van der Waals surface area contributed by atoms with Crippen LogP contribution in [0.1, 0.15) is 39.2 Å². The number of carbonyl (C=O) groups excluding carboxylic acids is 1. The van der Waals surface area contributed by atoms with Crippen LogP contribution in [0.4, 0.5) is 4.79 Å². The van der Waals surface area contributed by atoms with Crippen LogP contribution in [-0.4, -0.2) is 18.1 Å². The van der Waals surface area contributed by atoms with Gasteiger partial charge < -0.3 is 10.6 Å². The first-order chi connectivity index (χ1) is 8.61. The Labute approximate surface area is 110 Å². The van der Waals surface area contributed by atoms with E-state index in [0.717, 1.165) is 19.3 Å². The van der Waals surface area contributed by atoms with E-state index in [2.05, 4.69) is 29.7 Å². The Balaban J connectivity index is 2.31. The molecular weight excluding hydrogens is 224 g/mol.